The van der Waals surface area contributed by atoms with Crippen molar-refractivity contribution in [2.24, 2.45) is 5.92 Å². The molecule has 0 spiro atoms. The molecule has 16 heavy (non-hydrogen) atoms. The topological polar surface area (TPSA) is 68.0 Å². The van der Waals surface area contributed by atoms with E-state index in [0.717, 1.165) is 12.2 Å². The van der Waals surface area contributed by atoms with E-state index in [1.54, 1.807) is 4.57 Å². The first-order valence-electron chi connectivity index (χ1n) is 5.61. The molecule has 0 saturated heterocycles. The summed E-state index contributed by atoms with van der Waals surface area (Å²) in [5.41, 5.74) is 0. The number of aromatic nitrogens is 3. The molecule has 0 aliphatic heterocycles. The molecule has 1 aromatic heterocycles. The van der Waals surface area contributed by atoms with Crippen molar-refractivity contribution in [3.05, 3.63) is 12.2 Å². The van der Waals surface area contributed by atoms with E-state index in [2.05, 4.69) is 17.1 Å². The van der Waals surface area contributed by atoms with Gasteiger partial charge in [-0.15, -0.1) is 10.2 Å². The second kappa shape index (κ2) is 5.09. The van der Waals surface area contributed by atoms with Gasteiger partial charge in [0.05, 0.1) is 0 Å². The fourth-order valence-corrected chi connectivity index (χ4v) is 1.73. The number of aliphatic carboxylic acids is 1. The highest BCUT2D eigenvalue weighted by atomic mass is 16.4. The van der Waals surface area contributed by atoms with Gasteiger partial charge in [-0.1, -0.05) is 27.7 Å². The minimum atomic E-state index is -0.834. The van der Waals surface area contributed by atoms with Crippen molar-refractivity contribution in [3.63, 3.8) is 0 Å². The van der Waals surface area contributed by atoms with Gasteiger partial charge < -0.3 is 9.67 Å². The number of hydrogen-bond acceptors (Lipinski definition) is 3. The lowest BCUT2D eigenvalue weighted by molar-refractivity contribution is -0.142. The molecule has 2 atom stereocenters. The van der Waals surface area contributed by atoms with E-state index >= 15 is 0 Å². The van der Waals surface area contributed by atoms with Crippen molar-refractivity contribution in [1.82, 2.24) is 14.8 Å². The van der Waals surface area contributed by atoms with Crippen LogP contribution in [0.1, 0.15) is 51.9 Å². The molecule has 0 saturated carbocycles. The molecule has 1 rings (SSSR count). The number of nitrogens with zero attached hydrogens (tertiary/aromatic N) is 3. The maximum atomic E-state index is 11.2. The van der Waals surface area contributed by atoms with Crippen LogP contribution >= 0.6 is 0 Å². The van der Waals surface area contributed by atoms with Crippen LogP contribution in [0.3, 0.4) is 0 Å². The van der Waals surface area contributed by atoms with Gasteiger partial charge in [0.15, 0.2) is 0 Å². The Morgan fingerprint density at radius 1 is 1.50 bits per heavy atom. The van der Waals surface area contributed by atoms with E-state index in [0.29, 0.717) is 0 Å². The van der Waals surface area contributed by atoms with Gasteiger partial charge in [-0.05, 0) is 12.3 Å². The Labute approximate surface area is 95.5 Å². The second-order valence-corrected chi connectivity index (χ2v) is 4.43. The van der Waals surface area contributed by atoms with Crippen LogP contribution in [0, 0.1) is 5.92 Å². The summed E-state index contributed by atoms with van der Waals surface area (Å²) >= 11 is 0. The van der Waals surface area contributed by atoms with Crippen molar-refractivity contribution in [1.29, 1.82) is 0 Å². The molecule has 0 aliphatic rings. The third kappa shape index (κ3) is 2.40. The summed E-state index contributed by atoms with van der Waals surface area (Å²) in [4.78, 5) is 11.2. The van der Waals surface area contributed by atoms with Crippen molar-refractivity contribution in [2.75, 3.05) is 0 Å². The molecule has 0 aromatic carbocycles. The van der Waals surface area contributed by atoms with Gasteiger partial charge in [-0.25, -0.2) is 4.79 Å². The predicted octanol–water partition coefficient (Wildman–Crippen LogP) is 2.07. The molecule has 0 bridgehead atoms. The van der Waals surface area contributed by atoms with Crippen molar-refractivity contribution >= 4 is 5.97 Å². The minimum absolute atomic E-state index is 0.0105. The summed E-state index contributed by atoms with van der Waals surface area (Å²) < 4.78 is 1.68. The third-order valence-corrected chi connectivity index (χ3v) is 2.84. The Morgan fingerprint density at radius 3 is 2.56 bits per heavy atom. The smallest absolute Gasteiger partial charge is 0.327 e. The summed E-state index contributed by atoms with van der Waals surface area (Å²) in [6.45, 7) is 7.85. The summed E-state index contributed by atoms with van der Waals surface area (Å²) in [5.74, 6) is 0.155. The Morgan fingerprint density at radius 2 is 2.12 bits per heavy atom. The molecule has 5 heteroatoms. The first-order valence-corrected chi connectivity index (χ1v) is 5.61. The maximum absolute atomic E-state index is 11.2. The molecular formula is C11H19N3O2. The third-order valence-electron chi connectivity index (χ3n) is 2.84. The van der Waals surface area contributed by atoms with Crippen molar-refractivity contribution in [3.8, 4) is 0 Å². The fourth-order valence-electron chi connectivity index (χ4n) is 1.73. The highest BCUT2D eigenvalue weighted by Crippen LogP contribution is 2.24. The van der Waals surface area contributed by atoms with E-state index in [4.69, 9.17) is 0 Å². The van der Waals surface area contributed by atoms with E-state index in [1.165, 1.54) is 6.33 Å². The van der Waals surface area contributed by atoms with E-state index in [1.807, 2.05) is 20.8 Å². The van der Waals surface area contributed by atoms with Gasteiger partial charge in [-0.3, -0.25) is 0 Å². The van der Waals surface area contributed by atoms with Gasteiger partial charge >= 0.3 is 5.97 Å². The molecule has 5 nitrogen and oxygen atoms in total. The highest BCUT2D eigenvalue weighted by molar-refractivity contribution is 5.72. The van der Waals surface area contributed by atoms with Gasteiger partial charge in [0.25, 0.3) is 0 Å². The Hall–Kier alpha value is -1.39. The Kier molecular flexibility index (Phi) is 4.04. The SMILES string of the molecule is CCC(C)c1nncn1C(C(=O)O)C(C)C. The van der Waals surface area contributed by atoms with Gasteiger partial charge in [0.1, 0.15) is 18.2 Å². The molecule has 1 N–H and O–H groups in total. The largest absolute Gasteiger partial charge is 0.480 e. The summed E-state index contributed by atoms with van der Waals surface area (Å²) in [5, 5.41) is 17.1. The van der Waals surface area contributed by atoms with Crippen LogP contribution in [0.5, 0.6) is 0 Å². The van der Waals surface area contributed by atoms with Crippen molar-refractivity contribution in [2.45, 2.75) is 46.1 Å². The predicted molar refractivity (Wildman–Crippen MR) is 60.2 cm³/mol. The van der Waals surface area contributed by atoms with Gasteiger partial charge in [0, 0.05) is 5.92 Å². The van der Waals surface area contributed by atoms with Crippen LogP contribution in [0.25, 0.3) is 0 Å². The molecule has 1 aromatic rings. The molecule has 2 unspecified atom stereocenters. The average molecular weight is 225 g/mol. The van der Waals surface area contributed by atoms with Crippen LogP contribution in [-0.4, -0.2) is 25.8 Å². The monoisotopic (exact) mass is 225 g/mol. The average Bonchev–Trinajstić information content (AvgIpc) is 2.64. The molecule has 0 radical (unpaired) electrons. The van der Waals surface area contributed by atoms with Gasteiger partial charge in [-0.2, -0.15) is 0 Å². The Bertz CT molecular complexity index is 360. The molecule has 0 fully saturated rings. The minimum Gasteiger partial charge on any atom is -0.480 e. The van der Waals surface area contributed by atoms with Crippen molar-refractivity contribution < 1.29 is 9.90 Å². The summed E-state index contributed by atoms with van der Waals surface area (Å²) in [7, 11) is 0. The van der Waals surface area contributed by atoms with Crippen LogP contribution < -0.4 is 0 Å². The number of carboxylic acid groups (broad SMARTS) is 1. The van der Waals surface area contributed by atoms with E-state index in [9.17, 15) is 9.90 Å². The molecule has 0 amide bonds. The van der Waals surface area contributed by atoms with E-state index < -0.39 is 12.0 Å². The second-order valence-electron chi connectivity index (χ2n) is 4.43. The standard InChI is InChI=1S/C11H19N3O2/c1-5-8(4)10-13-12-6-14(10)9(7(2)3)11(15)16/h6-9H,5H2,1-4H3,(H,15,16). The number of carbonyl (C=O) groups is 1. The number of rotatable bonds is 5. The molecule has 0 aliphatic carbocycles. The number of carboxylic acids is 1. The first kappa shape index (κ1) is 12.7. The van der Waals surface area contributed by atoms with E-state index in [-0.39, 0.29) is 11.8 Å². The molecule has 90 valence electrons. The zero-order chi connectivity index (χ0) is 12.3. The fraction of sp³-hybridized carbons (Fsp3) is 0.727. The maximum Gasteiger partial charge on any atom is 0.327 e. The molecule has 1 heterocycles. The zero-order valence-electron chi connectivity index (χ0n) is 10.2. The quantitative estimate of drug-likeness (QED) is 0.833. The lowest BCUT2D eigenvalue weighted by Crippen LogP contribution is -2.25. The summed E-state index contributed by atoms with van der Waals surface area (Å²) in [6, 6.07) is -0.584. The van der Waals surface area contributed by atoms with Crippen LogP contribution in [0.2, 0.25) is 0 Å². The number of hydrogen-bond donors (Lipinski definition) is 1. The summed E-state index contributed by atoms with van der Waals surface area (Å²) in [6.07, 6.45) is 2.43. The lowest BCUT2D eigenvalue weighted by Gasteiger charge is -2.21. The van der Waals surface area contributed by atoms with Crippen LogP contribution in [0.4, 0.5) is 0 Å². The Balaban J connectivity index is 3.10. The highest BCUT2D eigenvalue weighted by Gasteiger charge is 2.27. The zero-order valence-corrected chi connectivity index (χ0v) is 10.2. The molecular weight excluding hydrogens is 206 g/mol. The van der Waals surface area contributed by atoms with Crippen LogP contribution in [0.15, 0.2) is 6.33 Å². The first-order chi connectivity index (χ1) is 7.49. The van der Waals surface area contributed by atoms with Gasteiger partial charge in [0.2, 0.25) is 0 Å². The normalized spacial score (nSPS) is 15.1. The van der Waals surface area contributed by atoms with Crippen LogP contribution in [-0.2, 0) is 4.79 Å². The lowest BCUT2D eigenvalue weighted by atomic mass is 10.0.